The molecule has 3 heteroatoms. The van der Waals surface area contributed by atoms with Crippen molar-refractivity contribution in [3.63, 3.8) is 0 Å². The Morgan fingerprint density at radius 2 is 1.53 bits per heavy atom. The highest BCUT2D eigenvalue weighted by atomic mass is 35.5. The summed E-state index contributed by atoms with van der Waals surface area (Å²) in [6.07, 6.45) is 0. The number of halogens is 1. The van der Waals surface area contributed by atoms with Gasteiger partial charge in [-0.25, -0.2) is 0 Å². The third kappa shape index (κ3) is 2.57. The van der Waals surface area contributed by atoms with Crippen molar-refractivity contribution in [2.24, 2.45) is 0 Å². The largest absolute Gasteiger partial charge is 0.496 e. The van der Waals surface area contributed by atoms with E-state index in [2.05, 4.69) is 20.8 Å². The molecular formula is C12H17ClO2. The summed E-state index contributed by atoms with van der Waals surface area (Å²) in [5.74, 6) is 1.48. The molecule has 2 nitrogen and oxygen atoms in total. The summed E-state index contributed by atoms with van der Waals surface area (Å²) in [5.41, 5.74) is 1.09. The molecule has 0 bridgehead atoms. The average Bonchev–Trinajstić information content (AvgIpc) is 2.15. The first-order valence-corrected chi connectivity index (χ1v) is 5.20. The van der Waals surface area contributed by atoms with E-state index in [9.17, 15) is 0 Å². The van der Waals surface area contributed by atoms with Crippen molar-refractivity contribution < 1.29 is 9.47 Å². The van der Waals surface area contributed by atoms with Gasteiger partial charge in [-0.2, -0.15) is 0 Å². The first kappa shape index (κ1) is 12.2. The van der Waals surface area contributed by atoms with E-state index in [1.807, 2.05) is 6.07 Å². The molecule has 84 valence electrons. The van der Waals surface area contributed by atoms with Gasteiger partial charge in [0.15, 0.2) is 0 Å². The van der Waals surface area contributed by atoms with Crippen molar-refractivity contribution in [1.82, 2.24) is 0 Å². The van der Waals surface area contributed by atoms with Gasteiger partial charge in [0.05, 0.1) is 19.2 Å². The fraction of sp³-hybridized carbons (Fsp3) is 0.500. The predicted molar refractivity (Wildman–Crippen MR) is 63.3 cm³/mol. The highest BCUT2D eigenvalue weighted by Gasteiger charge is 2.21. The van der Waals surface area contributed by atoms with Gasteiger partial charge in [0.1, 0.15) is 11.5 Å². The van der Waals surface area contributed by atoms with E-state index >= 15 is 0 Å². The molecule has 0 radical (unpaired) electrons. The van der Waals surface area contributed by atoms with E-state index in [4.69, 9.17) is 21.1 Å². The second kappa shape index (κ2) is 4.31. The van der Waals surface area contributed by atoms with Crippen molar-refractivity contribution in [2.45, 2.75) is 26.2 Å². The number of methoxy groups -OCH3 is 2. The number of rotatable bonds is 2. The molecule has 0 aliphatic heterocycles. The van der Waals surface area contributed by atoms with Crippen LogP contribution in [0.3, 0.4) is 0 Å². The first-order valence-electron chi connectivity index (χ1n) is 4.82. The van der Waals surface area contributed by atoms with E-state index in [0.29, 0.717) is 10.8 Å². The average molecular weight is 229 g/mol. The number of hydrogen-bond acceptors (Lipinski definition) is 2. The van der Waals surface area contributed by atoms with Crippen LogP contribution in [0, 0.1) is 0 Å². The minimum absolute atomic E-state index is 0.00319. The Balaban J connectivity index is 3.36. The highest BCUT2D eigenvalue weighted by Crippen LogP contribution is 2.38. The maximum absolute atomic E-state index is 6.03. The van der Waals surface area contributed by atoms with Gasteiger partial charge >= 0.3 is 0 Å². The Morgan fingerprint density at radius 3 is 1.93 bits per heavy atom. The van der Waals surface area contributed by atoms with Crippen LogP contribution in [0.15, 0.2) is 12.1 Å². The molecule has 0 atom stereocenters. The maximum Gasteiger partial charge on any atom is 0.138 e. The summed E-state index contributed by atoms with van der Waals surface area (Å²) in [4.78, 5) is 0. The smallest absolute Gasteiger partial charge is 0.138 e. The van der Waals surface area contributed by atoms with Crippen LogP contribution in [-0.2, 0) is 5.41 Å². The third-order valence-corrected chi connectivity index (χ3v) is 2.58. The molecule has 0 unspecified atom stereocenters. The molecular weight excluding hydrogens is 212 g/mol. The number of benzene rings is 1. The van der Waals surface area contributed by atoms with Crippen molar-refractivity contribution in [1.29, 1.82) is 0 Å². The van der Waals surface area contributed by atoms with Crippen molar-refractivity contribution in [3.05, 3.63) is 22.7 Å². The van der Waals surface area contributed by atoms with E-state index in [0.717, 1.165) is 11.3 Å². The topological polar surface area (TPSA) is 18.5 Å². The number of ether oxygens (including phenoxy) is 2. The summed E-state index contributed by atoms with van der Waals surface area (Å²) in [5, 5.41) is 0.572. The normalized spacial score (nSPS) is 11.3. The molecule has 0 N–H and O–H groups in total. The van der Waals surface area contributed by atoms with Crippen LogP contribution in [0.2, 0.25) is 5.02 Å². The van der Waals surface area contributed by atoms with Gasteiger partial charge in [-0.15, -0.1) is 0 Å². The maximum atomic E-state index is 6.03. The lowest BCUT2D eigenvalue weighted by atomic mass is 9.86. The molecule has 1 aromatic carbocycles. The summed E-state index contributed by atoms with van der Waals surface area (Å²) in [6.45, 7) is 6.37. The van der Waals surface area contributed by atoms with E-state index < -0.39 is 0 Å². The predicted octanol–water partition coefficient (Wildman–Crippen LogP) is 3.65. The lowest BCUT2D eigenvalue weighted by Crippen LogP contribution is -2.13. The Morgan fingerprint density at radius 1 is 1.00 bits per heavy atom. The van der Waals surface area contributed by atoms with Gasteiger partial charge < -0.3 is 9.47 Å². The summed E-state index contributed by atoms with van der Waals surface area (Å²) >= 11 is 6.03. The Hall–Kier alpha value is -0.890. The van der Waals surface area contributed by atoms with Crippen LogP contribution < -0.4 is 9.47 Å². The molecule has 1 aromatic rings. The molecule has 1 rings (SSSR count). The van der Waals surface area contributed by atoms with Crippen LogP contribution in [0.5, 0.6) is 11.5 Å². The fourth-order valence-electron chi connectivity index (χ4n) is 1.45. The zero-order valence-corrected chi connectivity index (χ0v) is 10.6. The standard InChI is InChI=1S/C12H17ClO2/c1-12(2,3)8-6-11(15-5)9(13)7-10(8)14-4/h6-7H,1-5H3. The lowest BCUT2D eigenvalue weighted by molar-refractivity contribution is 0.388. The van der Waals surface area contributed by atoms with Gasteiger partial charge in [0.2, 0.25) is 0 Å². The lowest BCUT2D eigenvalue weighted by Gasteiger charge is -2.23. The number of hydrogen-bond donors (Lipinski definition) is 0. The zero-order valence-electron chi connectivity index (χ0n) is 9.85. The Labute approximate surface area is 96.2 Å². The Bertz CT molecular complexity index is 353. The second-order valence-electron chi connectivity index (χ2n) is 4.44. The molecule has 0 aromatic heterocycles. The van der Waals surface area contributed by atoms with Crippen LogP contribution in [0.1, 0.15) is 26.3 Å². The monoisotopic (exact) mass is 228 g/mol. The van der Waals surface area contributed by atoms with Gasteiger partial charge in [-0.3, -0.25) is 0 Å². The van der Waals surface area contributed by atoms with Gasteiger partial charge in [-0.05, 0) is 11.5 Å². The molecule has 15 heavy (non-hydrogen) atoms. The second-order valence-corrected chi connectivity index (χ2v) is 4.84. The summed E-state index contributed by atoms with van der Waals surface area (Å²) in [7, 11) is 3.26. The minimum Gasteiger partial charge on any atom is -0.496 e. The molecule has 0 saturated heterocycles. The molecule has 0 spiro atoms. The van der Waals surface area contributed by atoms with Gasteiger partial charge in [-0.1, -0.05) is 32.4 Å². The first-order chi connectivity index (χ1) is 6.90. The zero-order chi connectivity index (χ0) is 11.6. The van der Waals surface area contributed by atoms with Gasteiger partial charge in [0, 0.05) is 11.6 Å². The van der Waals surface area contributed by atoms with Crippen molar-refractivity contribution in [3.8, 4) is 11.5 Å². The summed E-state index contributed by atoms with van der Waals surface area (Å²) in [6, 6.07) is 3.72. The Kier molecular flexibility index (Phi) is 3.50. The molecule has 0 saturated carbocycles. The van der Waals surface area contributed by atoms with Crippen molar-refractivity contribution >= 4 is 11.6 Å². The third-order valence-electron chi connectivity index (χ3n) is 2.28. The van der Waals surface area contributed by atoms with E-state index in [1.54, 1.807) is 20.3 Å². The SMILES string of the molecule is COc1cc(C(C)(C)C)c(OC)cc1Cl. The molecule has 0 heterocycles. The van der Waals surface area contributed by atoms with Gasteiger partial charge in [0.25, 0.3) is 0 Å². The molecule has 0 fully saturated rings. The molecule has 0 aliphatic carbocycles. The van der Waals surface area contributed by atoms with Crippen LogP contribution in [0.4, 0.5) is 0 Å². The molecule has 0 amide bonds. The summed E-state index contributed by atoms with van der Waals surface area (Å²) < 4.78 is 10.5. The minimum atomic E-state index is 0.00319. The quantitative estimate of drug-likeness (QED) is 0.769. The van der Waals surface area contributed by atoms with E-state index in [1.165, 1.54) is 0 Å². The van der Waals surface area contributed by atoms with E-state index in [-0.39, 0.29) is 5.41 Å². The van der Waals surface area contributed by atoms with Crippen molar-refractivity contribution in [2.75, 3.05) is 14.2 Å². The van der Waals surface area contributed by atoms with Crippen LogP contribution in [-0.4, -0.2) is 14.2 Å². The molecule has 0 aliphatic rings. The van der Waals surface area contributed by atoms with Crippen LogP contribution in [0.25, 0.3) is 0 Å². The highest BCUT2D eigenvalue weighted by molar-refractivity contribution is 6.32. The van der Waals surface area contributed by atoms with Crippen LogP contribution >= 0.6 is 11.6 Å². The fourth-order valence-corrected chi connectivity index (χ4v) is 1.68.